The number of rotatable bonds is 1. The van der Waals surface area contributed by atoms with Crippen molar-refractivity contribution in [2.75, 3.05) is 0 Å². The van der Waals surface area contributed by atoms with Crippen LogP contribution in [0.4, 0.5) is 0 Å². The van der Waals surface area contributed by atoms with Crippen molar-refractivity contribution in [3.8, 4) is 0 Å². The molecule has 2 heterocycles. The van der Waals surface area contributed by atoms with Crippen molar-refractivity contribution in [1.82, 2.24) is 9.78 Å². The van der Waals surface area contributed by atoms with Gasteiger partial charge in [-0.15, -0.1) is 0 Å². The quantitative estimate of drug-likeness (QED) is 0.629. The van der Waals surface area contributed by atoms with Gasteiger partial charge in [0.1, 0.15) is 0 Å². The summed E-state index contributed by atoms with van der Waals surface area (Å²) in [5, 5.41) is 2.75. The summed E-state index contributed by atoms with van der Waals surface area (Å²) in [4.78, 5) is 11.1. The van der Waals surface area contributed by atoms with Gasteiger partial charge in [-0.05, 0) is 6.92 Å². The molecule has 1 aromatic rings. The molecule has 0 amide bonds. The highest BCUT2D eigenvalue weighted by atomic mass is 16.5. The number of nitrogens with zero attached hydrogens (tertiary/aromatic N) is 1. The Morgan fingerprint density at radius 3 is 3.18 bits per heavy atom. The Balaban J connectivity index is 2.61. The molecule has 4 heteroatoms. The molecule has 0 unspecified atom stereocenters. The molecule has 0 radical (unpaired) electrons. The van der Waals surface area contributed by atoms with Crippen molar-refractivity contribution in [1.29, 1.82) is 0 Å². The molecular formula is C7H10N2O2. The minimum Gasteiger partial charge on any atom is -0.370 e. The van der Waals surface area contributed by atoms with E-state index in [1.807, 2.05) is 11.6 Å². The standard InChI is InChI=1S/C7H10N2O2/c1-2-9-6-4-11-3-5(6)7(10)8-9/h2-4H2,1H3,(H,8,10). The van der Waals surface area contributed by atoms with Crippen LogP contribution >= 0.6 is 0 Å². The number of hydrogen-bond acceptors (Lipinski definition) is 2. The van der Waals surface area contributed by atoms with Crippen LogP contribution in [0.25, 0.3) is 0 Å². The average molecular weight is 154 g/mol. The van der Waals surface area contributed by atoms with Crippen LogP contribution in [0.2, 0.25) is 0 Å². The molecule has 0 aliphatic carbocycles. The number of aryl methyl sites for hydroxylation is 1. The van der Waals surface area contributed by atoms with Gasteiger partial charge >= 0.3 is 0 Å². The van der Waals surface area contributed by atoms with Crippen LogP contribution < -0.4 is 5.56 Å². The van der Waals surface area contributed by atoms with Gasteiger partial charge in [0.25, 0.3) is 5.56 Å². The van der Waals surface area contributed by atoms with Crippen molar-refractivity contribution < 1.29 is 4.74 Å². The molecule has 0 spiro atoms. The maximum Gasteiger partial charge on any atom is 0.269 e. The maximum absolute atomic E-state index is 11.1. The number of nitrogens with one attached hydrogen (secondary N) is 1. The first kappa shape index (κ1) is 6.67. The van der Waals surface area contributed by atoms with Crippen LogP contribution in [0.15, 0.2) is 4.79 Å². The van der Waals surface area contributed by atoms with Crippen LogP contribution in [0.1, 0.15) is 18.2 Å². The monoisotopic (exact) mass is 154 g/mol. The first-order valence-electron chi connectivity index (χ1n) is 3.71. The van der Waals surface area contributed by atoms with Crippen LogP contribution in [0.5, 0.6) is 0 Å². The van der Waals surface area contributed by atoms with Crippen LogP contribution in [-0.4, -0.2) is 9.78 Å². The number of fused-ring (bicyclic) bond motifs is 1. The van der Waals surface area contributed by atoms with E-state index in [2.05, 4.69) is 5.10 Å². The van der Waals surface area contributed by atoms with E-state index < -0.39 is 0 Å². The zero-order valence-corrected chi connectivity index (χ0v) is 6.39. The van der Waals surface area contributed by atoms with E-state index in [1.165, 1.54) is 0 Å². The summed E-state index contributed by atoms with van der Waals surface area (Å²) in [7, 11) is 0. The summed E-state index contributed by atoms with van der Waals surface area (Å²) in [6.07, 6.45) is 0. The molecule has 1 N–H and O–H groups in total. The fraction of sp³-hybridized carbons (Fsp3) is 0.571. The lowest BCUT2D eigenvalue weighted by molar-refractivity contribution is 0.128. The molecule has 0 saturated heterocycles. The maximum atomic E-state index is 11.1. The van der Waals surface area contributed by atoms with Crippen LogP contribution in [-0.2, 0) is 24.5 Å². The molecule has 4 nitrogen and oxygen atoms in total. The lowest BCUT2D eigenvalue weighted by Gasteiger charge is -1.99. The lowest BCUT2D eigenvalue weighted by atomic mass is 10.3. The van der Waals surface area contributed by atoms with Crippen molar-refractivity contribution in [3.05, 3.63) is 21.6 Å². The van der Waals surface area contributed by atoms with Gasteiger partial charge < -0.3 is 4.74 Å². The topological polar surface area (TPSA) is 47.0 Å². The molecule has 0 atom stereocenters. The Morgan fingerprint density at radius 2 is 2.45 bits per heavy atom. The fourth-order valence-electron chi connectivity index (χ4n) is 1.39. The molecule has 1 aromatic heterocycles. The third-order valence-electron chi connectivity index (χ3n) is 1.99. The normalized spacial score (nSPS) is 15.4. The van der Waals surface area contributed by atoms with Crippen molar-refractivity contribution in [2.24, 2.45) is 0 Å². The van der Waals surface area contributed by atoms with Gasteiger partial charge in [0.2, 0.25) is 0 Å². The molecule has 1 aliphatic rings. The zero-order valence-electron chi connectivity index (χ0n) is 6.39. The van der Waals surface area contributed by atoms with Gasteiger partial charge in [-0.2, -0.15) is 0 Å². The molecule has 0 bridgehead atoms. The van der Waals surface area contributed by atoms with Gasteiger partial charge in [0.15, 0.2) is 0 Å². The highest BCUT2D eigenvalue weighted by molar-refractivity contribution is 5.19. The van der Waals surface area contributed by atoms with Gasteiger partial charge in [-0.1, -0.05) is 0 Å². The summed E-state index contributed by atoms with van der Waals surface area (Å²) in [6.45, 7) is 3.84. The summed E-state index contributed by atoms with van der Waals surface area (Å²) >= 11 is 0. The highest BCUT2D eigenvalue weighted by Crippen LogP contribution is 2.14. The minimum atomic E-state index is -0.000602. The fourth-order valence-corrected chi connectivity index (χ4v) is 1.39. The Morgan fingerprint density at radius 1 is 1.64 bits per heavy atom. The number of aromatic nitrogens is 2. The molecule has 60 valence electrons. The lowest BCUT2D eigenvalue weighted by Crippen LogP contribution is -2.08. The van der Waals surface area contributed by atoms with Crippen molar-refractivity contribution in [3.63, 3.8) is 0 Å². The first-order valence-corrected chi connectivity index (χ1v) is 3.71. The van der Waals surface area contributed by atoms with E-state index in [1.54, 1.807) is 0 Å². The molecule has 2 rings (SSSR count). The third kappa shape index (κ3) is 0.826. The smallest absolute Gasteiger partial charge is 0.269 e. The summed E-state index contributed by atoms with van der Waals surface area (Å²) in [5.74, 6) is 0. The zero-order chi connectivity index (χ0) is 7.84. The highest BCUT2D eigenvalue weighted by Gasteiger charge is 2.19. The number of hydrogen-bond donors (Lipinski definition) is 1. The molecule has 0 saturated carbocycles. The van der Waals surface area contributed by atoms with E-state index in [9.17, 15) is 4.79 Å². The van der Waals surface area contributed by atoms with Gasteiger partial charge in [-0.25, -0.2) is 0 Å². The average Bonchev–Trinajstić information content (AvgIpc) is 2.54. The van der Waals surface area contributed by atoms with E-state index in [0.717, 1.165) is 17.8 Å². The summed E-state index contributed by atoms with van der Waals surface area (Å²) in [5.41, 5.74) is 1.81. The van der Waals surface area contributed by atoms with Crippen LogP contribution in [0.3, 0.4) is 0 Å². The van der Waals surface area contributed by atoms with Gasteiger partial charge in [-0.3, -0.25) is 14.6 Å². The SMILES string of the molecule is CCn1[nH]c(=O)c2c1COC2. The number of ether oxygens (including phenoxy) is 1. The molecule has 1 aliphatic heterocycles. The number of H-pyrrole nitrogens is 1. The molecule has 0 fully saturated rings. The van der Waals surface area contributed by atoms with E-state index in [0.29, 0.717) is 13.2 Å². The van der Waals surface area contributed by atoms with Crippen molar-refractivity contribution >= 4 is 0 Å². The summed E-state index contributed by atoms with van der Waals surface area (Å²) in [6, 6.07) is 0. The number of aromatic amines is 1. The molecule has 0 aromatic carbocycles. The predicted molar refractivity (Wildman–Crippen MR) is 39.2 cm³/mol. The van der Waals surface area contributed by atoms with Crippen molar-refractivity contribution in [2.45, 2.75) is 26.7 Å². The Kier molecular flexibility index (Phi) is 1.35. The minimum absolute atomic E-state index is 0.000602. The second-order valence-electron chi connectivity index (χ2n) is 2.60. The second kappa shape index (κ2) is 2.23. The Labute approximate surface area is 63.8 Å². The van der Waals surface area contributed by atoms with Gasteiger partial charge in [0, 0.05) is 6.54 Å². The molecular weight excluding hydrogens is 144 g/mol. The largest absolute Gasteiger partial charge is 0.370 e. The van der Waals surface area contributed by atoms with E-state index in [-0.39, 0.29) is 5.56 Å². The van der Waals surface area contributed by atoms with Crippen LogP contribution in [0, 0.1) is 0 Å². The third-order valence-corrected chi connectivity index (χ3v) is 1.99. The predicted octanol–water partition coefficient (Wildman–Crippen LogP) is 0.226. The van der Waals surface area contributed by atoms with E-state index in [4.69, 9.17) is 4.74 Å². The Hall–Kier alpha value is -1.03. The van der Waals surface area contributed by atoms with E-state index >= 15 is 0 Å². The molecule has 11 heavy (non-hydrogen) atoms. The summed E-state index contributed by atoms with van der Waals surface area (Å²) < 4.78 is 6.98. The Bertz CT molecular complexity index is 324. The second-order valence-corrected chi connectivity index (χ2v) is 2.60. The first-order chi connectivity index (χ1) is 5.33. The van der Waals surface area contributed by atoms with Gasteiger partial charge in [0.05, 0.1) is 24.5 Å².